The third kappa shape index (κ3) is 1.48. The van der Waals surface area contributed by atoms with Crippen LogP contribution in [-0.2, 0) is 0 Å². The monoisotopic (exact) mass is 242 g/mol. The molecule has 0 bridgehead atoms. The molecule has 0 spiro atoms. The Morgan fingerprint density at radius 3 is 2.32 bits per heavy atom. The summed E-state index contributed by atoms with van der Waals surface area (Å²) in [5, 5.41) is 2.53. The lowest BCUT2D eigenvalue weighted by molar-refractivity contribution is 1.18. The molecule has 4 aromatic rings. The Bertz CT molecular complexity index is 803. The van der Waals surface area contributed by atoms with E-state index in [0.717, 1.165) is 0 Å². The van der Waals surface area contributed by atoms with Crippen molar-refractivity contribution >= 4 is 21.8 Å². The van der Waals surface area contributed by atoms with Crippen LogP contribution < -0.4 is 0 Å². The van der Waals surface area contributed by atoms with Crippen molar-refractivity contribution in [1.29, 1.82) is 0 Å². The Hall–Kier alpha value is -2.54. The number of benzene rings is 3. The summed E-state index contributed by atoms with van der Waals surface area (Å²) >= 11 is 0. The first-order valence-electron chi connectivity index (χ1n) is 6.40. The van der Waals surface area contributed by atoms with Gasteiger partial charge in [0.05, 0.1) is 11.0 Å². The molecule has 4 rings (SSSR count). The van der Waals surface area contributed by atoms with Crippen LogP contribution in [0.1, 0.15) is 0 Å². The Balaban J connectivity index is 2.24. The first-order valence-corrected chi connectivity index (χ1v) is 6.40. The van der Waals surface area contributed by atoms with Crippen molar-refractivity contribution in [3.63, 3.8) is 0 Å². The molecule has 89 valence electrons. The van der Waals surface area contributed by atoms with E-state index in [1.54, 1.807) is 0 Å². The van der Waals surface area contributed by atoms with E-state index in [1.807, 2.05) is 12.1 Å². The van der Waals surface area contributed by atoms with Gasteiger partial charge in [-0.15, -0.1) is 0 Å². The molecule has 1 nitrogen and oxygen atoms in total. The molecule has 0 amide bonds. The number of para-hydroxylation sites is 2. The fraction of sp³-hybridized carbons (Fsp3) is 0. The van der Waals surface area contributed by atoms with E-state index in [1.165, 1.54) is 27.5 Å². The Morgan fingerprint density at radius 2 is 1.42 bits per heavy atom. The van der Waals surface area contributed by atoms with Gasteiger partial charge in [-0.05, 0) is 36.4 Å². The minimum absolute atomic E-state index is 1.19. The molecule has 1 heteroatoms. The number of rotatable bonds is 1. The van der Waals surface area contributed by atoms with Crippen LogP contribution in [0, 0.1) is 6.07 Å². The first-order chi connectivity index (χ1) is 9.45. The topological polar surface area (TPSA) is 4.93 Å². The zero-order chi connectivity index (χ0) is 12.7. The fourth-order valence-electron chi connectivity index (χ4n) is 2.71. The van der Waals surface area contributed by atoms with Gasteiger partial charge < -0.3 is 4.57 Å². The summed E-state index contributed by atoms with van der Waals surface area (Å²) in [5.74, 6) is 0. The van der Waals surface area contributed by atoms with E-state index in [0.29, 0.717) is 0 Å². The van der Waals surface area contributed by atoms with Gasteiger partial charge in [-0.3, -0.25) is 0 Å². The normalized spacial score (nSPS) is 11.2. The third-order valence-electron chi connectivity index (χ3n) is 3.53. The van der Waals surface area contributed by atoms with Crippen LogP contribution in [0.15, 0.2) is 72.8 Å². The summed E-state index contributed by atoms with van der Waals surface area (Å²) in [6.45, 7) is 0. The molecule has 0 aliphatic carbocycles. The van der Waals surface area contributed by atoms with Crippen LogP contribution in [0.2, 0.25) is 0 Å². The van der Waals surface area contributed by atoms with Crippen LogP contribution in [0.5, 0.6) is 0 Å². The van der Waals surface area contributed by atoms with Crippen molar-refractivity contribution in [1.82, 2.24) is 4.57 Å². The maximum atomic E-state index is 3.18. The molecule has 0 saturated carbocycles. The SMILES string of the molecule is [c]1ccc2c(c1)c1ccccc1n2-c1ccccc1. The van der Waals surface area contributed by atoms with Crippen molar-refractivity contribution in [2.45, 2.75) is 0 Å². The number of aromatic nitrogens is 1. The molecule has 0 aliphatic heterocycles. The van der Waals surface area contributed by atoms with Crippen LogP contribution in [0.25, 0.3) is 27.5 Å². The average molecular weight is 242 g/mol. The highest BCUT2D eigenvalue weighted by atomic mass is 15.0. The molecule has 1 radical (unpaired) electrons. The van der Waals surface area contributed by atoms with E-state index in [4.69, 9.17) is 0 Å². The number of fused-ring (bicyclic) bond motifs is 3. The predicted octanol–water partition coefficient (Wildman–Crippen LogP) is 4.58. The van der Waals surface area contributed by atoms with Gasteiger partial charge in [0.1, 0.15) is 0 Å². The van der Waals surface area contributed by atoms with Gasteiger partial charge in [-0.25, -0.2) is 0 Å². The van der Waals surface area contributed by atoms with E-state index >= 15 is 0 Å². The summed E-state index contributed by atoms with van der Waals surface area (Å²) in [4.78, 5) is 0. The Kier molecular flexibility index (Phi) is 2.18. The van der Waals surface area contributed by atoms with E-state index in [9.17, 15) is 0 Å². The van der Waals surface area contributed by atoms with Gasteiger partial charge >= 0.3 is 0 Å². The first kappa shape index (κ1) is 10.4. The smallest absolute Gasteiger partial charge is 0.0541 e. The molecule has 19 heavy (non-hydrogen) atoms. The highest BCUT2D eigenvalue weighted by molar-refractivity contribution is 6.09. The second kappa shape index (κ2) is 3.99. The molecule has 1 heterocycles. The molecule has 0 N–H and O–H groups in total. The maximum Gasteiger partial charge on any atom is 0.0541 e. The lowest BCUT2D eigenvalue weighted by Gasteiger charge is -2.06. The molecule has 1 aromatic heterocycles. The summed E-state index contributed by atoms with van der Waals surface area (Å²) in [6.07, 6.45) is 0. The number of hydrogen-bond donors (Lipinski definition) is 0. The van der Waals surface area contributed by atoms with Crippen molar-refractivity contribution < 1.29 is 0 Å². The quantitative estimate of drug-likeness (QED) is 0.460. The molecule has 0 atom stereocenters. The van der Waals surface area contributed by atoms with Crippen molar-refractivity contribution in [2.24, 2.45) is 0 Å². The van der Waals surface area contributed by atoms with E-state index in [-0.39, 0.29) is 0 Å². The van der Waals surface area contributed by atoms with Gasteiger partial charge in [0.15, 0.2) is 0 Å². The molecule has 0 fully saturated rings. The zero-order valence-corrected chi connectivity index (χ0v) is 10.4. The predicted molar refractivity (Wildman–Crippen MR) is 79.6 cm³/mol. The lowest BCUT2D eigenvalue weighted by Crippen LogP contribution is -1.92. The third-order valence-corrected chi connectivity index (χ3v) is 3.53. The molecular weight excluding hydrogens is 230 g/mol. The number of nitrogens with zero attached hydrogens (tertiary/aromatic N) is 1. The van der Waals surface area contributed by atoms with Gasteiger partial charge in [-0.2, -0.15) is 0 Å². The van der Waals surface area contributed by atoms with Crippen molar-refractivity contribution in [2.75, 3.05) is 0 Å². The average Bonchev–Trinajstić information content (AvgIpc) is 2.83. The zero-order valence-electron chi connectivity index (χ0n) is 10.4. The van der Waals surface area contributed by atoms with Crippen molar-refractivity contribution in [3.8, 4) is 5.69 Å². The van der Waals surface area contributed by atoms with Gasteiger partial charge in [0, 0.05) is 16.5 Å². The van der Waals surface area contributed by atoms with E-state index in [2.05, 4.69) is 71.3 Å². The lowest BCUT2D eigenvalue weighted by atomic mass is 10.2. The highest BCUT2D eigenvalue weighted by Crippen LogP contribution is 2.31. The van der Waals surface area contributed by atoms with Crippen molar-refractivity contribution in [3.05, 3.63) is 78.9 Å². The minimum Gasteiger partial charge on any atom is -0.309 e. The molecule has 0 aliphatic rings. The van der Waals surface area contributed by atoms with E-state index < -0.39 is 0 Å². The fourth-order valence-corrected chi connectivity index (χ4v) is 2.71. The van der Waals surface area contributed by atoms with Crippen LogP contribution >= 0.6 is 0 Å². The second-order valence-corrected chi connectivity index (χ2v) is 4.63. The minimum atomic E-state index is 1.19. The van der Waals surface area contributed by atoms with Gasteiger partial charge in [-0.1, -0.05) is 42.5 Å². The van der Waals surface area contributed by atoms with Crippen LogP contribution in [0.3, 0.4) is 0 Å². The Labute approximate surface area is 111 Å². The maximum absolute atomic E-state index is 3.18. The number of hydrogen-bond acceptors (Lipinski definition) is 0. The highest BCUT2D eigenvalue weighted by Gasteiger charge is 2.10. The molecule has 0 unspecified atom stereocenters. The summed E-state index contributed by atoms with van der Waals surface area (Å²) in [6, 6.07) is 28.3. The van der Waals surface area contributed by atoms with Crippen LogP contribution in [-0.4, -0.2) is 4.57 Å². The summed E-state index contributed by atoms with van der Waals surface area (Å²) in [7, 11) is 0. The summed E-state index contributed by atoms with van der Waals surface area (Å²) < 4.78 is 2.30. The van der Waals surface area contributed by atoms with Crippen LogP contribution in [0.4, 0.5) is 0 Å². The Morgan fingerprint density at radius 1 is 0.684 bits per heavy atom. The molecule has 3 aromatic carbocycles. The second-order valence-electron chi connectivity index (χ2n) is 4.63. The molecular formula is C18H12N. The van der Waals surface area contributed by atoms with Gasteiger partial charge in [0.2, 0.25) is 0 Å². The summed E-state index contributed by atoms with van der Waals surface area (Å²) in [5.41, 5.74) is 3.66. The largest absolute Gasteiger partial charge is 0.309 e. The standard InChI is InChI=1S/C18H12N/c1-2-8-14(9-3-1)19-17-12-6-4-10-15(17)16-11-5-7-13-18(16)19/h1-4,6-13H. The molecule has 0 saturated heterocycles. The van der Waals surface area contributed by atoms with Gasteiger partial charge in [0.25, 0.3) is 0 Å².